The quantitative estimate of drug-likeness (QED) is 0.709. The summed E-state index contributed by atoms with van der Waals surface area (Å²) in [6.07, 6.45) is 1.91. The maximum absolute atomic E-state index is 11.5. The molecule has 1 heterocycles. The van der Waals surface area contributed by atoms with Gasteiger partial charge in [-0.05, 0) is 25.7 Å². The summed E-state index contributed by atoms with van der Waals surface area (Å²) in [5.41, 5.74) is 0. The summed E-state index contributed by atoms with van der Waals surface area (Å²) >= 11 is 0. The first kappa shape index (κ1) is 12.6. The van der Waals surface area contributed by atoms with Crippen molar-refractivity contribution in [1.82, 2.24) is 4.31 Å². The van der Waals surface area contributed by atoms with Crippen LogP contribution in [0.2, 0.25) is 0 Å². The van der Waals surface area contributed by atoms with Crippen molar-refractivity contribution in [3.63, 3.8) is 0 Å². The van der Waals surface area contributed by atoms with Gasteiger partial charge in [-0.25, -0.2) is 21.1 Å². The lowest BCUT2D eigenvalue weighted by atomic mass is 10.1. The van der Waals surface area contributed by atoms with E-state index in [1.54, 1.807) is 0 Å². The zero-order valence-corrected chi connectivity index (χ0v) is 11.3. The van der Waals surface area contributed by atoms with E-state index in [4.69, 9.17) is 10.7 Å². The molecule has 0 bridgehead atoms. The summed E-state index contributed by atoms with van der Waals surface area (Å²) in [5, 5.41) is 0. The number of sulfonamides is 1. The van der Waals surface area contributed by atoms with Crippen molar-refractivity contribution in [2.45, 2.75) is 36.5 Å². The van der Waals surface area contributed by atoms with Gasteiger partial charge in [-0.1, -0.05) is 0 Å². The summed E-state index contributed by atoms with van der Waals surface area (Å²) < 4.78 is 46.1. The maximum Gasteiger partial charge on any atom is 0.238 e. The first-order chi connectivity index (χ1) is 7.18. The van der Waals surface area contributed by atoms with Gasteiger partial charge in [0, 0.05) is 23.8 Å². The molecule has 0 amide bonds. The zero-order chi connectivity index (χ0) is 12.2. The first-order valence-electron chi connectivity index (χ1n) is 5.08. The Labute approximate surface area is 100 Å². The minimum atomic E-state index is -3.59. The molecule has 94 valence electrons. The molecule has 2 aliphatic rings. The highest BCUT2D eigenvalue weighted by Crippen LogP contribution is 2.50. The smallest absolute Gasteiger partial charge is 0.212 e. The lowest BCUT2D eigenvalue weighted by Gasteiger charge is -2.21. The second-order valence-corrected chi connectivity index (χ2v) is 9.71. The van der Waals surface area contributed by atoms with Gasteiger partial charge in [0.05, 0.1) is 10.5 Å². The van der Waals surface area contributed by atoms with Gasteiger partial charge in [-0.15, -0.1) is 0 Å². The van der Waals surface area contributed by atoms with Crippen LogP contribution in [-0.4, -0.2) is 44.7 Å². The summed E-state index contributed by atoms with van der Waals surface area (Å²) in [6, 6.07) is -0.221. The number of nitrogens with zero attached hydrogens (tertiary/aromatic N) is 1. The van der Waals surface area contributed by atoms with E-state index in [-0.39, 0.29) is 11.8 Å². The van der Waals surface area contributed by atoms with E-state index in [2.05, 4.69) is 0 Å². The van der Waals surface area contributed by atoms with E-state index < -0.39 is 23.8 Å². The van der Waals surface area contributed by atoms with Gasteiger partial charge in [0.15, 0.2) is 0 Å². The van der Waals surface area contributed by atoms with Gasteiger partial charge in [0.1, 0.15) is 0 Å². The molecule has 0 N–H and O–H groups in total. The van der Waals surface area contributed by atoms with Crippen LogP contribution in [0, 0.1) is 0 Å². The third kappa shape index (κ3) is 1.98. The van der Waals surface area contributed by atoms with Gasteiger partial charge in [-0.3, -0.25) is 0 Å². The van der Waals surface area contributed by atoms with E-state index in [1.165, 1.54) is 11.4 Å². The largest absolute Gasteiger partial charge is 0.238 e. The average molecular weight is 288 g/mol. The Morgan fingerprint density at radius 3 is 2.31 bits per heavy atom. The minimum Gasteiger partial charge on any atom is -0.212 e. The van der Waals surface area contributed by atoms with Crippen molar-refractivity contribution in [3.8, 4) is 0 Å². The van der Waals surface area contributed by atoms with Crippen LogP contribution in [-0.2, 0) is 19.1 Å². The predicted molar refractivity (Wildman–Crippen MR) is 61.3 cm³/mol. The van der Waals surface area contributed by atoms with Crippen molar-refractivity contribution in [2.24, 2.45) is 0 Å². The van der Waals surface area contributed by atoms with Crippen molar-refractivity contribution < 1.29 is 16.8 Å². The molecule has 2 fully saturated rings. The molecule has 2 rings (SSSR count). The molecule has 5 nitrogen and oxygen atoms in total. The van der Waals surface area contributed by atoms with Gasteiger partial charge < -0.3 is 0 Å². The van der Waals surface area contributed by atoms with Crippen molar-refractivity contribution in [2.75, 3.05) is 12.8 Å². The van der Waals surface area contributed by atoms with Crippen LogP contribution in [0.5, 0.6) is 0 Å². The predicted octanol–water partition coefficient (Wildman–Crippen LogP) is 0.512. The molecule has 1 saturated heterocycles. The number of halogens is 1. The molecule has 0 aromatic carbocycles. The minimum absolute atomic E-state index is 0.104. The van der Waals surface area contributed by atoms with Crippen LogP contribution in [0.3, 0.4) is 0 Å². The standard InChI is InChI=1S/C8H14ClNO4S2/c1-10-7(2-5-15(10,11)12)6-8(3-4-8)16(9,13)14/h7H,2-6H2,1H3. The third-order valence-corrected chi connectivity index (χ3v) is 8.11. The monoisotopic (exact) mass is 287 g/mol. The molecule has 1 aliphatic heterocycles. The second kappa shape index (κ2) is 3.57. The van der Waals surface area contributed by atoms with Gasteiger partial charge in [0.25, 0.3) is 0 Å². The van der Waals surface area contributed by atoms with Gasteiger partial charge >= 0.3 is 0 Å². The summed E-state index contributed by atoms with van der Waals surface area (Å²) in [6.45, 7) is 0. The van der Waals surface area contributed by atoms with Crippen molar-refractivity contribution in [1.29, 1.82) is 0 Å². The van der Waals surface area contributed by atoms with Crippen LogP contribution < -0.4 is 0 Å². The molecule has 16 heavy (non-hydrogen) atoms. The lowest BCUT2D eigenvalue weighted by Crippen LogP contribution is -2.34. The van der Waals surface area contributed by atoms with Crippen LogP contribution in [0.1, 0.15) is 25.7 Å². The summed E-state index contributed by atoms with van der Waals surface area (Å²) in [7, 11) is 0.135. The molecule has 0 aromatic heterocycles. The highest BCUT2D eigenvalue weighted by Gasteiger charge is 2.56. The molecular weight excluding hydrogens is 274 g/mol. The van der Waals surface area contributed by atoms with Crippen LogP contribution >= 0.6 is 10.7 Å². The molecule has 1 saturated carbocycles. The molecule has 0 aromatic rings. The molecule has 1 atom stereocenters. The summed E-state index contributed by atoms with van der Waals surface area (Å²) in [4.78, 5) is 0. The summed E-state index contributed by atoms with van der Waals surface area (Å²) in [5.74, 6) is 0.104. The Hall–Kier alpha value is 0.150. The van der Waals surface area contributed by atoms with E-state index in [0.29, 0.717) is 25.7 Å². The molecule has 8 heteroatoms. The van der Waals surface area contributed by atoms with Gasteiger partial charge in [0.2, 0.25) is 19.1 Å². The van der Waals surface area contributed by atoms with E-state index in [0.717, 1.165) is 0 Å². The molecule has 0 spiro atoms. The van der Waals surface area contributed by atoms with Crippen molar-refractivity contribution >= 4 is 29.8 Å². The third-order valence-electron chi connectivity index (χ3n) is 3.59. The molecule has 1 unspecified atom stereocenters. The molecule has 0 radical (unpaired) electrons. The zero-order valence-electron chi connectivity index (χ0n) is 8.89. The Morgan fingerprint density at radius 1 is 1.44 bits per heavy atom. The Bertz CT molecular complexity index is 494. The average Bonchev–Trinajstić information content (AvgIpc) is 2.86. The highest BCUT2D eigenvalue weighted by molar-refractivity contribution is 8.15. The number of hydrogen-bond acceptors (Lipinski definition) is 4. The fraction of sp³-hybridized carbons (Fsp3) is 1.00. The Balaban J connectivity index is 2.14. The lowest BCUT2D eigenvalue weighted by molar-refractivity contribution is 0.366. The topological polar surface area (TPSA) is 71.5 Å². The SMILES string of the molecule is CN1C(CC2(S(=O)(=O)Cl)CC2)CCS1(=O)=O. The Morgan fingerprint density at radius 2 is 2.00 bits per heavy atom. The number of rotatable bonds is 3. The van der Waals surface area contributed by atoms with Crippen LogP contribution in [0.4, 0.5) is 0 Å². The fourth-order valence-corrected chi connectivity index (χ4v) is 5.31. The first-order valence-corrected chi connectivity index (χ1v) is 9.00. The molecule has 1 aliphatic carbocycles. The highest BCUT2D eigenvalue weighted by atomic mass is 35.7. The van der Waals surface area contributed by atoms with Crippen LogP contribution in [0.15, 0.2) is 0 Å². The van der Waals surface area contributed by atoms with Crippen molar-refractivity contribution in [3.05, 3.63) is 0 Å². The normalized spacial score (nSPS) is 32.8. The van der Waals surface area contributed by atoms with E-state index in [1.807, 2.05) is 0 Å². The fourth-order valence-electron chi connectivity index (χ4n) is 2.18. The Kier molecular flexibility index (Phi) is 2.81. The van der Waals surface area contributed by atoms with E-state index in [9.17, 15) is 16.8 Å². The number of hydrogen-bond donors (Lipinski definition) is 0. The molecular formula is C8H14ClNO4S2. The van der Waals surface area contributed by atoms with Gasteiger partial charge in [-0.2, -0.15) is 0 Å². The second-order valence-electron chi connectivity index (χ2n) is 4.60. The van der Waals surface area contributed by atoms with E-state index >= 15 is 0 Å². The maximum atomic E-state index is 11.5. The van der Waals surface area contributed by atoms with Crippen LogP contribution in [0.25, 0.3) is 0 Å².